The molecule has 0 saturated carbocycles. The highest BCUT2D eigenvalue weighted by molar-refractivity contribution is 7.90. The minimum absolute atomic E-state index is 0.0132. The van der Waals surface area contributed by atoms with E-state index >= 15 is 0 Å². The van der Waals surface area contributed by atoms with E-state index in [0.29, 0.717) is 24.3 Å². The molecule has 8 nitrogen and oxygen atoms in total. The fourth-order valence-electron chi connectivity index (χ4n) is 4.11. The van der Waals surface area contributed by atoms with Crippen molar-refractivity contribution in [2.45, 2.75) is 57.0 Å². The molecule has 1 aromatic heterocycles. The number of piperazine rings is 1. The van der Waals surface area contributed by atoms with Crippen molar-refractivity contribution < 1.29 is 36.2 Å². The largest absolute Gasteiger partial charge is 0.437 e. The van der Waals surface area contributed by atoms with Crippen LogP contribution in [0, 0.1) is 5.92 Å². The van der Waals surface area contributed by atoms with E-state index in [1.54, 1.807) is 17.0 Å². The Morgan fingerprint density at radius 3 is 2.35 bits per heavy atom. The highest BCUT2D eigenvalue weighted by atomic mass is 32.2. The molecule has 1 fully saturated rings. The van der Waals surface area contributed by atoms with Crippen LogP contribution in [-0.4, -0.2) is 55.5 Å². The fourth-order valence-corrected chi connectivity index (χ4v) is 5.05. The van der Waals surface area contributed by atoms with Crippen molar-refractivity contribution in [1.82, 2.24) is 4.98 Å². The summed E-state index contributed by atoms with van der Waals surface area (Å²) < 4.78 is 70.5. The van der Waals surface area contributed by atoms with Gasteiger partial charge in [0.05, 0.1) is 17.5 Å². The van der Waals surface area contributed by atoms with Crippen molar-refractivity contribution in [2.75, 3.05) is 35.7 Å². The van der Waals surface area contributed by atoms with Crippen LogP contribution in [0.1, 0.15) is 44.7 Å². The summed E-state index contributed by atoms with van der Waals surface area (Å²) in [7, 11) is -3.57. The summed E-state index contributed by atoms with van der Waals surface area (Å²) in [5, 5.41) is 19.7. The van der Waals surface area contributed by atoms with Crippen LogP contribution >= 0.6 is 0 Å². The number of aliphatic hydroxyl groups is 2. The van der Waals surface area contributed by atoms with Gasteiger partial charge < -0.3 is 24.4 Å². The van der Waals surface area contributed by atoms with Crippen LogP contribution < -0.4 is 9.80 Å². The lowest BCUT2D eigenvalue weighted by Crippen LogP contribution is -2.55. The van der Waals surface area contributed by atoms with Gasteiger partial charge in [-0.25, -0.2) is 8.42 Å². The molecule has 2 aromatic rings. The lowest BCUT2D eigenvalue weighted by Gasteiger charge is -2.43. The average molecular weight is 506 g/mol. The molecule has 34 heavy (non-hydrogen) atoms. The summed E-state index contributed by atoms with van der Waals surface area (Å²) in [5.74, 6) is -0.655. The van der Waals surface area contributed by atoms with Crippen LogP contribution in [0.5, 0.6) is 0 Å². The van der Waals surface area contributed by atoms with Gasteiger partial charge in [-0.15, -0.1) is 0 Å². The number of alkyl halides is 3. The van der Waals surface area contributed by atoms with E-state index in [1.165, 1.54) is 19.9 Å². The zero-order valence-corrected chi connectivity index (χ0v) is 20.5. The van der Waals surface area contributed by atoms with Gasteiger partial charge in [-0.2, -0.15) is 18.2 Å². The lowest BCUT2D eigenvalue weighted by atomic mass is 9.99. The third-order valence-corrected chi connectivity index (χ3v) is 7.04. The number of hydrogen-bond acceptors (Lipinski definition) is 8. The van der Waals surface area contributed by atoms with Crippen molar-refractivity contribution in [3.63, 3.8) is 0 Å². The molecule has 0 spiro atoms. The van der Waals surface area contributed by atoms with Crippen molar-refractivity contribution in [3.8, 4) is 0 Å². The van der Waals surface area contributed by atoms with Crippen molar-refractivity contribution in [3.05, 3.63) is 35.2 Å². The van der Waals surface area contributed by atoms with Crippen LogP contribution in [-0.2, 0) is 28.2 Å². The topological polar surface area (TPSA) is 107 Å². The first-order chi connectivity index (χ1) is 15.5. The molecule has 3 rings (SSSR count). The molecule has 12 heteroatoms. The molecule has 2 N–H and O–H groups in total. The smallest absolute Gasteiger partial charge is 0.425 e. The van der Waals surface area contributed by atoms with Crippen LogP contribution in [0.15, 0.2) is 27.5 Å². The van der Waals surface area contributed by atoms with Crippen LogP contribution in [0.3, 0.4) is 0 Å². The molecule has 1 aliphatic rings. The number of sulfone groups is 1. The molecule has 0 radical (unpaired) electrons. The number of nitrogens with zero attached hydrogens (tertiary/aromatic N) is 3. The van der Waals surface area contributed by atoms with Gasteiger partial charge in [0, 0.05) is 31.6 Å². The predicted octanol–water partition coefficient (Wildman–Crippen LogP) is 3.17. The third-order valence-electron chi connectivity index (χ3n) is 5.86. The van der Waals surface area contributed by atoms with Gasteiger partial charge in [0.1, 0.15) is 5.60 Å². The van der Waals surface area contributed by atoms with Gasteiger partial charge in [0.25, 0.3) is 6.01 Å². The molecule has 0 aliphatic carbocycles. The first kappa shape index (κ1) is 26.3. The molecular formula is C22H30F3N3O5S. The SMILES string of the molecule is CC(C)[C@@H]1CN(c2ccc(CO)c(S(C)(=O)=O)c2)CCN1c1nc(C(F)(F)F)c(C(C)(C)O)o1. The first-order valence-electron chi connectivity index (χ1n) is 10.8. The number of rotatable bonds is 6. The molecule has 1 atom stereocenters. The number of halogens is 3. The summed E-state index contributed by atoms with van der Waals surface area (Å²) in [6.07, 6.45) is -3.72. The van der Waals surface area contributed by atoms with Gasteiger partial charge >= 0.3 is 6.18 Å². The maximum absolute atomic E-state index is 13.6. The standard InChI is InChI=1S/C22H30F3N3O5S/c1-13(2)16-11-27(15-7-6-14(12-29)17(10-15)34(5,31)32)8-9-28(16)20-26-18(22(23,24)25)19(33-20)21(3,4)30/h6-7,10,13,16,29-30H,8-9,11-12H2,1-5H3/t16-/m0/s1. The summed E-state index contributed by atoms with van der Waals surface area (Å²) in [5.41, 5.74) is -2.20. The first-order valence-corrected chi connectivity index (χ1v) is 12.7. The number of hydrogen-bond donors (Lipinski definition) is 2. The number of aromatic nitrogens is 1. The second kappa shape index (κ2) is 9.04. The van der Waals surface area contributed by atoms with Gasteiger partial charge in [0.15, 0.2) is 21.3 Å². The van der Waals surface area contributed by atoms with Gasteiger partial charge in [-0.05, 0) is 37.5 Å². The maximum Gasteiger partial charge on any atom is 0.437 e. The van der Waals surface area contributed by atoms with Crippen molar-refractivity contribution in [2.24, 2.45) is 5.92 Å². The predicted molar refractivity (Wildman–Crippen MR) is 120 cm³/mol. The van der Waals surface area contributed by atoms with Crippen LogP contribution in [0.25, 0.3) is 0 Å². The lowest BCUT2D eigenvalue weighted by molar-refractivity contribution is -0.144. The molecular weight excluding hydrogens is 475 g/mol. The molecule has 1 saturated heterocycles. The number of oxazole rings is 1. The van der Waals surface area contributed by atoms with Crippen LogP contribution in [0.2, 0.25) is 0 Å². The Kier molecular flexibility index (Phi) is 7.00. The Bertz CT molecular complexity index is 1110. The second-order valence-electron chi connectivity index (χ2n) is 9.40. The summed E-state index contributed by atoms with van der Waals surface area (Å²) in [6.45, 7) is 6.85. The minimum Gasteiger partial charge on any atom is -0.425 e. The van der Waals surface area contributed by atoms with Gasteiger partial charge in [-0.3, -0.25) is 0 Å². The summed E-state index contributed by atoms with van der Waals surface area (Å²) in [4.78, 5) is 7.36. The molecule has 0 amide bonds. The van der Waals surface area contributed by atoms with Crippen molar-refractivity contribution in [1.29, 1.82) is 0 Å². The monoisotopic (exact) mass is 505 g/mol. The normalized spacial score (nSPS) is 18.1. The fraction of sp³-hybridized carbons (Fsp3) is 0.591. The Labute approximate surface area is 196 Å². The van der Waals surface area contributed by atoms with Crippen molar-refractivity contribution >= 4 is 21.5 Å². The Balaban J connectivity index is 1.97. The van der Waals surface area contributed by atoms with E-state index in [1.807, 2.05) is 18.7 Å². The molecule has 0 unspecified atom stereocenters. The van der Waals surface area contributed by atoms with E-state index in [9.17, 15) is 31.8 Å². The van der Waals surface area contributed by atoms with Crippen LogP contribution in [0.4, 0.5) is 24.9 Å². The van der Waals surface area contributed by atoms with E-state index in [0.717, 1.165) is 6.26 Å². The average Bonchev–Trinajstić information content (AvgIpc) is 3.19. The van der Waals surface area contributed by atoms with Gasteiger partial charge in [0.2, 0.25) is 0 Å². The van der Waals surface area contributed by atoms with Gasteiger partial charge in [-0.1, -0.05) is 19.9 Å². The number of anilines is 2. The quantitative estimate of drug-likeness (QED) is 0.617. The molecule has 0 bridgehead atoms. The third kappa shape index (κ3) is 5.33. The molecule has 190 valence electrons. The maximum atomic E-state index is 13.6. The Hall–Kier alpha value is -2.31. The highest BCUT2D eigenvalue weighted by Gasteiger charge is 2.45. The van der Waals surface area contributed by atoms with E-state index < -0.39 is 39.7 Å². The van der Waals surface area contributed by atoms with E-state index in [4.69, 9.17) is 4.42 Å². The summed E-state index contributed by atoms with van der Waals surface area (Å²) >= 11 is 0. The zero-order valence-electron chi connectivity index (χ0n) is 19.7. The summed E-state index contributed by atoms with van der Waals surface area (Å²) in [6, 6.07) is 4.26. The minimum atomic E-state index is -4.79. The zero-order chi connectivity index (χ0) is 25.6. The second-order valence-corrected chi connectivity index (χ2v) is 11.4. The molecule has 1 aromatic carbocycles. The van der Waals surface area contributed by atoms with E-state index in [-0.39, 0.29) is 29.4 Å². The number of benzene rings is 1. The molecule has 1 aliphatic heterocycles. The number of aliphatic hydroxyl groups excluding tert-OH is 1. The highest BCUT2D eigenvalue weighted by Crippen LogP contribution is 2.40. The van der Waals surface area contributed by atoms with E-state index in [2.05, 4.69) is 4.98 Å². The molecule has 2 heterocycles. The Morgan fingerprint density at radius 2 is 1.88 bits per heavy atom. The Morgan fingerprint density at radius 1 is 1.24 bits per heavy atom.